The molecule has 5 N–H and O–H groups in total. The molecule has 0 radical (unpaired) electrons. The molecule has 0 aliphatic rings. The average Bonchev–Trinajstić information content (AvgIpc) is 1.31. The van der Waals surface area contributed by atoms with Gasteiger partial charge in [-0.3, -0.25) is 0 Å². The van der Waals surface area contributed by atoms with Gasteiger partial charge in [0.1, 0.15) is 0 Å². The molecule has 0 fully saturated rings. The molecule has 0 saturated heterocycles. The molecule has 0 aliphatic heterocycles. The van der Waals surface area contributed by atoms with Gasteiger partial charge >= 0.3 is 5.97 Å². The van der Waals surface area contributed by atoms with Crippen LogP contribution in [0.5, 0.6) is 0 Å². The van der Waals surface area contributed by atoms with Gasteiger partial charge in [0.2, 0.25) is 0 Å². The van der Waals surface area contributed by atoms with E-state index in [1.807, 2.05) is 0 Å². The molecule has 0 amide bonds. The van der Waals surface area contributed by atoms with Crippen LogP contribution in [0.15, 0.2) is 0 Å². The minimum absolute atomic E-state index is 0. The zero-order valence-corrected chi connectivity index (χ0v) is 4.25. The number of carbonyl (C=O) groups is 1. The van der Waals surface area contributed by atoms with Gasteiger partial charge in [0.05, 0.1) is 0 Å². The lowest BCUT2D eigenvalue weighted by molar-refractivity contribution is -0.196. The number of hydrogen-bond donors (Lipinski definition) is 3. The molecule has 0 aromatic rings. The van der Waals surface area contributed by atoms with E-state index in [-0.39, 0.29) is 5.48 Å². The van der Waals surface area contributed by atoms with Gasteiger partial charge in [-0.15, -0.1) is 0 Å². The highest BCUT2D eigenvalue weighted by molar-refractivity contribution is 5.74. The second-order valence-electron chi connectivity index (χ2n) is 1.33. The molecule has 0 aromatic carbocycles. The summed E-state index contributed by atoms with van der Waals surface area (Å²) in [7, 11) is 0. The minimum atomic E-state index is -2.58. The maximum Gasteiger partial charge on any atom is 0.363 e. The van der Waals surface area contributed by atoms with E-state index in [2.05, 4.69) is 0 Å². The van der Waals surface area contributed by atoms with Crippen LogP contribution < -0.4 is 0 Å². The van der Waals surface area contributed by atoms with E-state index in [1.54, 1.807) is 0 Å². The zero-order valence-electron chi connectivity index (χ0n) is 4.25. The number of aliphatic carboxylic acids is 1. The van der Waals surface area contributed by atoms with Crippen LogP contribution in [0.25, 0.3) is 0 Å². The summed E-state index contributed by atoms with van der Waals surface area (Å²) >= 11 is 0. The fourth-order valence-electron chi connectivity index (χ4n) is 0. The second kappa shape index (κ2) is 2.61. The third kappa shape index (κ3) is 3.54. The SMILES string of the molecule is CC(O)(O)C(=O)O.O. The van der Waals surface area contributed by atoms with E-state index in [9.17, 15) is 4.79 Å². The summed E-state index contributed by atoms with van der Waals surface area (Å²) in [5.41, 5.74) is 0. The number of hydrogen-bond acceptors (Lipinski definition) is 3. The summed E-state index contributed by atoms with van der Waals surface area (Å²) < 4.78 is 0. The van der Waals surface area contributed by atoms with Crippen molar-refractivity contribution in [2.24, 2.45) is 0 Å². The third-order valence-corrected chi connectivity index (χ3v) is 0.405. The molecule has 0 unspecified atom stereocenters. The average molecular weight is 124 g/mol. The second-order valence-corrected chi connectivity index (χ2v) is 1.33. The topological polar surface area (TPSA) is 109 Å². The van der Waals surface area contributed by atoms with Crippen LogP contribution in [0.1, 0.15) is 6.92 Å². The Hall–Kier alpha value is -0.650. The molecule has 0 heterocycles. The Kier molecular flexibility index (Phi) is 3.37. The van der Waals surface area contributed by atoms with Crippen molar-refractivity contribution in [2.75, 3.05) is 0 Å². The van der Waals surface area contributed by atoms with Crippen molar-refractivity contribution in [1.82, 2.24) is 0 Å². The Morgan fingerprint density at radius 2 is 1.62 bits per heavy atom. The maximum absolute atomic E-state index is 9.52. The van der Waals surface area contributed by atoms with Gasteiger partial charge in [0.25, 0.3) is 5.79 Å². The van der Waals surface area contributed by atoms with E-state index >= 15 is 0 Å². The standard InChI is InChI=1S/C3H6O4.H2O/c1-3(6,7)2(4)5;/h6-7H,1H3,(H,4,5);1H2. The molecular weight excluding hydrogens is 116 g/mol. The van der Waals surface area contributed by atoms with Crippen LogP contribution in [0.3, 0.4) is 0 Å². The third-order valence-electron chi connectivity index (χ3n) is 0.405. The first-order valence-electron chi connectivity index (χ1n) is 1.62. The lowest BCUT2D eigenvalue weighted by Crippen LogP contribution is -2.33. The molecule has 8 heavy (non-hydrogen) atoms. The van der Waals surface area contributed by atoms with Crippen molar-refractivity contribution >= 4 is 5.97 Å². The van der Waals surface area contributed by atoms with Crippen LogP contribution in [-0.2, 0) is 4.79 Å². The lowest BCUT2D eigenvalue weighted by atomic mass is 10.3. The quantitative estimate of drug-likeness (QED) is 0.349. The number of aliphatic hydroxyl groups is 2. The first-order valence-corrected chi connectivity index (χ1v) is 1.62. The van der Waals surface area contributed by atoms with Gasteiger partial charge in [-0.2, -0.15) is 0 Å². The summed E-state index contributed by atoms with van der Waals surface area (Å²) in [6, 6.07) is 0. The number of carboxylic acid groups (broad SMARTS) is 1. The van der Waals surface area contributed by atoms with Crippen LogP contribution in [0.2, 0.25) is 0 Å². The van der Waals surface area contributed by atoms with E-state index in [1.165, 1.54) is 0 Å². The Labute approximate surface area is 45.5 Å². The van der Waals surface area contributed by atoms with E-state index in [0.717, 1.165) is 6.92 Å². The van der Waals surface area contributed by atoms with Gasteiger partial charge in [-0.1, -0.05) is 0 Å². The molecule has 5 nitrogen and oxygen atoms in total. The highest BCUT2D eigenvalue weighted by Crippen LogP contribution is 1.93. The minimum Gasteiger partial charge on any atom is -0.477 e. The molecular formula is C3H8O5. The van der Waals surface area contributed by atoms with E-state index in [4.69, 9.17) is 15.3 Å². The molecule has 0 aromatic heterocycles. The zero-order chi connectivity index (χ0) is 6.08. The molecule has 5 heteroatoms. The Morgan fingerprint density at radius 3 is 1.62 bits per heavy atom. The smallest absolute Gasteiger partial charge is 0.363 e. The predicted molar refractivity (Wildman–Crippen MR) is 24.1 cm³/mol. The number of carboxylic acids is 1. The van der Waals surface area contributed by atoms with Crippen molar-refractivity contribution in [3.8, 4) is 0 Å². The van der Waals surface area contributed by atoms with E-state index in [0.29, 0.717) is 0 Å². The summed E-state index contributed by atoms with van der Waals surface area (Å²) in [5.74, 6) is -4.23. The predicted octanol–water partition coefficient (Wildman–Crippen LogP) is -2.05. The molecule has 0 saturated carbocycles. The van der Waals surface area contributed by atoms with Crippen LogP contribution in [0.4, 0.5) is 0 Å². The van der Waals surface area contributed by atoms with Gasteiger partial charge in [0.15, 0.2) is 0 Å². The summed E-state index contributed by atoms with van der Waals surface area (Å²) in [6.45, 7) is 0.773. The van der Waals surface area contributed by atoms with Gasteiger partial charge in [-0.25, -0.2) is 4.79 Å². The summed E-state index contributed by atoms with van der Waals surface area (Å²) in [6.07, 6.45) is 0. The molecule has 0 rings (SSSR count). The van der Waals surface area contributed by atoms with Crippen molar-refractivity contribution in [2.45, 2.75) is 12.7 Å². The van der Waals surface area contributed by atoms with Crippen LogP contribution in [-0.4, -0.2) is 32.6 Å². The van der Waals surface area contributed by atoms with Gasteiger partial charge in [0, 0.05) is 6.92 Å². The molecule has 0 spiro atoms. The molecule has 0 atom stereocenters. The van der Waals surface area contributed by atoms with Crippen LogP contribution in [0, 0.1) is 0 Å². The van der Waals surface area contributed by atoms with Crippen molar-refractivity contribution < 1.29 is 25.6 Å². The number of rotatable bonds is 1. The highest BCUT2D eigenvalue weighted by atomic mass is 16.5. The fourth-order valence-corrected chi connectivity index (χ4v) is 0. The summed E-state index contributed by atoms with van der Waals surface area (Å²) in [5, 5.41) is 23.9. The Morgan fingerprint density at radius 1 is 1.50 bits per heavy atom. The normalized spacial score (nSPS) is 9.88. The monoisotopic (exact) mass is 124 g/mol. The first kappa shape index (κ1) is 10.4. The van der Waals surface area contributed by atoms with Crippen molar-refractivity contribution in [3.63, 3.8) is 0 Å². The molecule has 50 valence electrons. The van der Waals surface area contributed by atoms with Gasteiger partial charge < -0.3 is 20.8 Å². The first-order chi connectivity index (χ1) is 2.94. The Balaban J connectivity index is 0. The van der Waals surface area contributed by atoms with Crippen molar-refractivity contribution in [3.05, 3.63) is 0 Å². The summed E-state index contributed by atoms with van der Waals surface area (Å²) in [4.78, 5) is 9.52. The fraction of sp³-hybridized carbons (Fsp3) is 0.667. The molecule has 0 aliphatic carbocycles. The largest absolute Gasteiger partial charge is 0.477 e. The highest BCUT2D eigenvalue weighted by Gasteiger charge is 2.24. The lowest BCUT2D eigenvalue weighted by Gasteiger charge is -2.06. The molecule has 0 bridgehead atoms. The van der Waals surface area contributed by atoms with Gasteiger partial charge in [-0.05, 0) is 0 Å². The Bertz CT molecular complexity index is 80.2. The van der Waals surface area contributed by atoms with Crippen LogP contribution >= 0.6 is 0 Å². The maximum atomic E-state index is 9.52. The van der Waals surface area contributed by atoms with Crippen molar-refractivity contribution in [1.29, 1.82) is 0 Å². The van der Waals surface area contributed by atoms with E-state index < -0.39 is 11.8 Å².